The number of carbonyl (C=O) groups excluding carboxylic acids is 3. The Morgan fingerprint density at radius 1 is 1.30 bits per heavy atom. The van der Waals surface area contributed by atoms with Gasteiger partial charge in [-0.2, -0.15) is 0 Å². The summed E-state index contributed by atoms with van der Waals surface area (Å²) >= 11 is 0. The van der Waals surface area contributed by atoms with E-state index in [-0.39, 0.29) is 17.8 Å². The molecule has 0 amide bonds. The fourth-order valence-corrected chi connectivity index (χ4v) is 3.67. The van der Waals surface area contributed by atoms with E-state index in [4.69, 9.17) is 9.84 Å². The topological polar surface area (TPSA) is 141 Å². The van der Waals surface area contributed by atoms with E-state index in [1.165, 1.54) is 18.2 Å². The van der Waals surface area contributed by atoms with Crippen LogP contribution in [-0.4, -0.2) is 68.5 Å². The molecular weight excluding hydrogens is 392 g/mol. The summed E-state index contributed by atoms with van der Waals surface area (Å²) in [6, 6.07) is 0. The highest BCUT2D eigenvalue weighted by Crippen LogP contribution is 2.44. The molecule has 4 atom stereocenters. The number of allylic oxidation sites excluding steroid dienone is 3. The van der Waals surface area contributed by atoms with Crippen LogP contribution in [0, 0.1) is 5.41 Å². The average Bonchev–Trinajstić information content (AvgIpc) is 2.64. The van der Waals surface area contributed by atoms with Gasteiger partial charge in [-0.1, -0.05) is 19.9 Å². The summed E-state index contributed by atoms with van der Waals surface area (Å²) in [6.45, 7) is 6.12. The second-order valence-electron chi connectivity index (χ2n) is 8.40. The molecule has 0 bridgehead atoms. The number of ketones is 2. The molecule has 0 aromatic rings. The van der Waals surface area contributed by atoms with E-state index in [9.17, 15) is 29.7 Å². The lowest BCUT2D eigenvalue weighted by Gasteiger charge is -2.44. The maximum atomic E-state index is 12.2. The van der Waals surface area contributed by atoms with Gasteiger partial charge in [0.1, 0.15) is 17.8 Å². The highest BCUT2D eigenvalue weighted by Gasteiger charge is 2.46. The number of rotatable bonds is 5. The van der Waals surface area contributed by atoms with Crippen molar-refractivity contribution < 1.29 is 39.5 Å². The summed E-state index contributed by atoms with van der Waals surface area (Å²) in [4.78, 5) is 36.2. The first-order chi connectivity index (χ1) is 13.8. The first kappa shape index (κ1) is 23.9. The van der Waals surface area contributed by atoms with Crippen LogP contribution in [-0.2, 0) is 19.1 Å². The van der Waals surface area contributed by atoms with E-state index < -0.39 is 47.7 Å². The molecule has 4 unspecified atom stereocenters. The zero-order valence-electron chi connectivity index (χ0n) is 17.5. The molecule has 0 saturated carbocycles. The number of carbonyl (C=O) groups is 3. The van der Waals surface area contributed by atoms with E-state index in [0.29, 0.717) is 11.1 Å². The molecule has 2 rings (SSSR count). The molecule has 0 saturated heterocycles. The zero-order valence-corrected chi connectivity index (χ0v) is 17.5. The van der Waals surface area contributed by atoms with Crippen LogP contribution in [0.15, 0.2) is 47.1 Å². The largest absolute Gasteiger partial charge is 0.448 e. The lowest BCUT2D eigenvalue weighted by molar-refractivity contribution is -0.161. The number of ether oxygens (including phenoxy) is 1. The molecule has 164 valence electrons. The summed E-state index contributed by atoms with van der Waals surface area (Å²) in [7, 11) is 0. The van der Waals surface area contributed by atoms with Crippen LogP contribution in [0.5, 0.6) is 0 Å². The monoisotopic (exact) mass is 420 g/mol. The third-order valence-electron chi connectivity index (χ3n) is 5.58. The van der Waals surface area contributed by atoms with Crippen LogP contribution in [0.3, 0.4) is 0 Å². The molecule has 8 heteroatoms. The van der Waals surface area contributed by atoms with Crippen molar-refractivity contribution in [3.8, 4) is 0 Å². The first-order valence-electron chi connectivity index (χ1n) is 9.56. The molecule has 2 aliphatic carbocycles. The van der Waals surface area contributed by atoms with Crippen molar-refractivity contribution in [2.24, 2.45) is 5.41 Å². The predicted molar refractivity (Wildman–Crippen MR) is 107 cm³/mol. The Labute approximate surface area is 174 Å². The molecule has 2 aliphatic rings. The molecule has 0 aliphatic heterocycles. The Balaban J connectivity index is 2.17. The van der Waals surface area contributed by atoms with E-state index in [0.717, 1.165) is 12.2 Å². The van der Waals surface area contributed by atoms with Crippen LogP contribution in [0.25, 0.3) is 0 Å². The number of esters is 1. The number of aliphatic hydroxyl groups excluding tert-OH is 3. The fourth-order valence-electron chi connectivity index (χ4n) is 3.67. The van der Waals surface area contributed by atoms with Gasteiger partial charge in [-0.15, -0.1) is 0 Å². The quantitative estimate of drug-likeness (QED) is 0.283. The highest BCUT2D eigenvalue weighted by molar-refractivity contribution is 6.02. The lowest BCUT2D eigenvalue weighted by Crippen LogP contribution is -2.48. The lowest BCUT2D eigenvalue weighted by atomic mass is 9.64. The van der Waals surface area contributed by atoms with Crippen LogP contribution >= 0.6 is 0 Å². The van der Waals surface area contributed by atoms with Crippen molar-refractivity contribution in [2.45, 2.75) is 58.0 Å². The smallest absolute Gasteiger partial charge is 0.331 e. The third kappa shape index (κ3) is 4.67. The summed E-state index contributed by atoms with van der Waals surface area (Å²) in [5.74, 6) is -1.78. The van der Waals surface area contributed by atoms with E-state index in [2.05, 4.69) is 0 Å². The second-order valence-corrected chi connectivity index (χ2v) is 8.40. The maximum Gasteiger partial charge on any atom is 0.331 e. The van der Waals surface area contributed by atoms with Gasteiger partial charge in [-0.05, 0) is 43.2 Å². The highest BCUT2D eigenvalue weighted by atomic mass is 16.6. The maximum absolute atomic E-state index is 12.2. The molecule has 0 aromatic heterocycles. The predicted octanol–water partition coefficient (Wildman–Crippen LogP) is 0.300. The van der Waals surface area contributed by atoms with Gasteiger partial charge in [0.15, 0.2) is 11.9 Å². The Morgan fingerprint density at radius 3 is 2.50 bits per heavy atom. The minimum atomic E-state index is -1.64. The average molecular weight is 420 g/mol. The Hall–Kier alpha value is -2.39. The van der Waals surface area contributed by atoms with E-state index in [1.807, 2.05) is 0 Å². The minimum Gasteiger partial charge on any atom is -0.448 e. The Morgan fingerprint density at radius 2 is 1.93 bits per heavy atom. The van der Waals surface area contributed by atoms with Crippen LogP contribution < -0.4 is 0 Å². The van der Waals surface area contributed by atoms with Gasteiger partial charge in [0.05, 0.1) is 6.61 Å². The van der Waals surface area contributed by atoms with Crippen molar-refractivity contribution >= 4 is 17.5 Å². The van der Waals surface area contributed by atoms with Gasteiger partial charge >= 0.3 is 5.97 Å². The van der Waals surface area contributed by atoms with Gasteiger partial charge < -0.3 is 25.2 Å². The van der Waals surface area contributed by atoms with Crippen molar-refractivity contribution in [3.63, 3.8) is 0 Å². The fraction of sp³-hybridized carbons (Fsp3) is 0.500. The van der Waals surface area contributed by atoms with Crippen LogP contribution in [0.4, 0.5) is 0 Å². The normalized spacial score (nSPS) is 32.1. The molecule has 0 spiro atoms. The standard InChI is InChI=1S/C22H28O8/c1-12(5-6-22(29)13(2)8-15(24)10-21(22,3)4)7-17(26)30-20-18(27)14(11-23)9-16(25)19(20)28/h5-9,16,19-20,23,25,28-29H,10-11H2,1-4H3. The molecule has 0 fully saturated rings. The number of Topliss-reactive ketones (excluding diaryl/α,β-unsaturated/α-hetero) is 1. The second kappa shape index (κ2) is 8.77. The minimum absolute atomic E-state index is 0.0689. The molecular formula is C22H28O8. The number of hydrogen-bond donors (Lipinski definition) is 4. The first-order valence-corrected chi connectivity index (χ1v) is 9.56. The zero-order chi connectivity index (χ0) is 22.9. The molecule has 4 N–H and O–H groups in total. The van der Waals surface area contributed by atoms with Crippen LogP contribution in [0.1, 0.15) is 34.1 Å². The number of hydrogen-bond acceptors (Lipinski definition) is 8. The molecule has 8 nitrogen and oxygen atoms in total. The molecule has 0 heterocycles. The molecule has 0 radical (unpaired) electrons. The molecule has 30 heavy (non-hydrogen) atoms. The van der Waals surface area contributed by atoms with E-state index in [1.54, 1.807) is 27.7 Å². The third-order valence-corrected chi connectivity index (χ3v) is 5.58. The van der Waals surface area contributed by atoms with Gasteiger partial charge in [-0.25, -0.2) is 4.79 Å². The van der Waals surface area contributed by atoms with Crippen molar-refractivity contribution in [1.29, 1.82) is 0 Å². The van der Waals surface area contributed by atoms with Crippen molar-refractivity contribution in [3.05, 3.63) is 47.1 Å². The van der Waals surface area contributed by atoms with Gasteiger partial charge in [0.25, 0.3) is 0 Å². The van der Waals surface area contributed by atoms with Gasteiger partial charge in [-0.3, -0.25) is 9.59 Å². The van der Waals surface area contributed by atoms with E-state index >= 15 is 0 Å². The summed E-state index contributed by atoms with van der Waals surface area (Å²) < 4.78 is 5.00. The summed E-state index contributed by atoms with van der Waals surface area (Å²) in [6.07, 6.45) is 1.94. The SMILES string of the molecule is CC(C=CC1(O)C(C)=CC(=O)CC1(C)C)=CC(=O)OC1C(=O)C(CO)=CC(O)C1O. The van der Waals surface area contributed by atoms with Gasteiger partial charge in [0.2, 0.25) is 5.78 Å². The Kier molecular flexibility index (Phi) is 6.98. The van der Waals surface area contributed by atoms with Crippen molar-refractivity contribution in [1.82, 2.24) is 0 Å². The molecule has 0 aromatic carbocycles. The summed E-state index contributed by atoms with van der Waals surface area (Å²) in [5, 5.41) is 40.0. The van der Waals surface area contributed by atoms with Crippen LogP contribution in [0.2, 0.25) is 0 Å². The number of aliphatic hydroxyl groups is 4. The Bertz CT molecular complexity index is 860. The van der Waals surface area contributed by atoms with Crippen molar-refractivity contribution in [2.75, 3.05) is 6.61 Å². The summed E-state index contributed by atoms with van der Waals surface area (Å²) in [5.41, 5.74) is -1.40. The van der Waals surface area contributed by atoms with Gasteiger partial charge in [0, 0.05) is 23.5 Å².